The summed E-state index contributed by atoms with van der Waals surface area (Å²) in [6.45, 7) is 2.44. The molecule has 0 spiro atoms. The van der Waals surface area contributed by atoms with Crippen molar-refractivity contribution in [3.63, 3.8) is 0 Å². The van der Waals surface area contributed by atoms with Crippen LogP contribution < -0.4 is 5.32 Å². The number of benzene rings is 1. The van der Waals surface area contributed by atoms with E-state index >= 15 is 0 Å². The van der Waals surface area contributed by atoms with E-state index in [1.807, 2.05) is 6.92 Å². The molecule has 0 fully saturated rings. The molecule has 20 heavy (non-hydrogen) atoms. The van der Waals surface area contributed by atoms with Gasteiger partial charge in [0.05, 0.1) is 4.90 Å². The van der Waals surface area contributed by atoms with Gasteiger partial charge in [0.2, 0.25) is 5.91 Å². The average Bonchev–Trinajstić information content (AvgIpc) is 2.38. The summed E-state index contributed by atoms with van der Waals surface area (Å²) in [5.41, 5.74) is 0.970. The molecule has 1 amide bonds. The summed E-state index contributed by atoms with van der Waals surface area (Å²) in [7, 11) is -3.58. The zero-order chi connectivity index (χ0) is 15.0. The predicted molar refractivity (Wildman–Crippen MR) is 77.2 cm³/mol. The van der Waals surface area contributed by atoms with Gasteiger partial charge in [0.1, 0.15) is 5.75 Å². The normalized spacial score (nSPS) is 11.3. The van der Waals surface area contributed by atoms with Crippen molar-refractivity contribution < 1.29 is 18.3 Å². The van der Waals surface area contributed by atoms with Gasteiger partial charge in [0.15, 0.2) is 9.84 Å². The Morgan fingerprint density at radius 3 is 2.40 bits per heavy atom. The van der Waals surface area contributed by atoms with E-state index in [0.717, 1.165) is 18.4 Å². The van der Waals surface area contributed by atoms with Crippen LogP contribution in [0.5, 0.6) is 0 Å². The minimum atomic E-state index is -3.58. The lowest BCUT2D eigenvalue weighted by Gasteiger charge is -2.06. The van der Waals surface area contributed by atoms with E-state index in [2.05, 4.69) is 5.32 Å². The van der Waals surface area contributed by atoms with Gasteiger partial charge in [-0.1, -0.05) is 17.7 Å². The maximum atomic E-state index is 12.0. The number of aliphatic hydroxyl groups is 1. The minimum absolute atomic E-state index is 0.135. The van der Waals surface area contributed by atoms with Gasteiger partial charge >= 0.3 is 0 Å². The number of carbonyl (C=O) groups is 1. The molecule has 2 N–H and O–H groups in total. The summed E-state index contributed by atoms with van der Waals surface area (Å²) in [6, 6.07) is 6.44. The zero-order valence-electron chi connectivity index (χ0n) is 11.6. The first kappa shape index (κ1) is 16.7. The fourth-order valence-corrected chi connectivity index (χ4v) is 2.86. The number of unbranched alkanes of at least 4 members (excludes halogenated alkanes) is 2. The molecular weight excluding hydrogens is 278 g/mol. The fraction of sp³-hybridized carbons (Fsp3) is 0.500. The topological polar surface area (TPSA) is 83.5 Å². The van der Waals surface area contributed by atoms with Crippen LogP contribution in [0.4, 0.5) is 0 Å². The first-order valence-corrected chi connectivity index (χ1v) is 8.28. The standard InChI is InChI=1S/C14H21NO4S/c1-12-5-7-13(8-6-12)20(18,19)11-14(17)15-9-3-2-4-10-16/h5-8,16H,2-4,9-11H2,1H3,(H,15,17). The SMILES string of the molecule is Cc1ccc(S(=O)(=O)CC(=O)NCCCCCO)cc1. The molecule has 1 rings (SSSR count). The molecule has 0 radical (unpaired) electrons. The summed E-state index contributed by atoms with van der Waals surface area (Å²) in [5, 5.41) is 11.2. The van der Waals surface area contributed by atoms with Crippen LogP contribution in [0.3, 0.4) is 0 Å². The molecule has 0 heterocycles. The summed E-state index contributed by atoms with van der Waals surface area (Å²) in [4.78, 5) is 11.8. The Hall–Kier alpha value is -1.40. The van der Waals surface area contributed by atoms with Gasteiger partial charge in [-0.25, -0.2) is 8.42 Å². The van der Waals surface area contributed by atoms with E-state index in [1.54, 1.807) is 12.1 Å². The summed E-state index contributed by atoms with van der Waals surface area (Å²) in [6.07, 6.45) is 2.23. The van der Waals surface area contributed by atoms with Gasteiger partial charge in [0.25, 0.3) is 0 Å². The van der Waals surface area contributed by atoms with Crippen LogP contribution >= 0.6 is 0 Å². The summed E-state index contributed by atoms with van der Waals surface area (Å²) < 4.78 is 24.0. The van der Waals surface area contributed by atoms with Crippen LogP contribution in [0.2, 0.25) is 0 Å². The van der Waals surface area contributed by atoms with Crippen LogP contribution in [0, 0.1) is 6.92 Å². The number of amides is 1. The maximum Gasteiger partial charge on any atom is 0.235 e. The van der Waals surface area contributed by atoms with E-state index in [4.69, 9.17) is 5.11 Å². The van der Waals surface area contributed by atoms with Crippen molar-refractivity contribution in [1.82, 2.24) is 5.32 Å². The molecular formula is C14H21NO4S. The van der Waals surface area contributed by atoms with Crippen molar-refractivity contribution >= 4 is 15.7 Å². The highest BCUT2D eigenvalue weighted by Gasteiger charge is 2.18. The smallest absolute Gasteiger partial charge is 0.235 e. The van der Waals surface area contributed by atoms with E-state index in [1.165, 1.54) is 12.1 Å². The lowest BCUT2D eigenvalue weighted by Crippen LogP contribution is -2.31. The molecule has 0 aliphatic heterocycles. The number of carbonyl (C=O) groups excluding carboxylic acids is 1. The number of aryl methyl sites for hydroxylation is 1. The van der Waals surface area contributed by atoms with Crippen LogP contribution in [-0.4, -0.2) is 38.3 Å². The Morgan fingerprint density at radius 1 is 1.15 bits per heavy atom. The molecule has 1 aromatic rings. The van der Waals surface area contributed by atoms with Crippen LogP contribution in [0.1, 0.15) is 24.8 Å². The lowest BCUT2D eigenvalue weighted by atomic mass is 10.2. The largest absolute Gasteiger partial charge is 0.396 e. The Kier molecular flexibility index (Phi) is 6.67. The molecule has 0 unspecified atom stereocenters. The Morgan fingerprint density at radius 2 is 1.80 bits per heavy atom. The van der Waals surface area contributed by atoms with Crippen molar-refractivity contribution in [1.29, 1.82) is 0 Å². The van der Waals surface area contributed by atoms with Crippen molar-refractivity contribution in [3.8, 4) is 0 Å². The van der Waals surface area contributed by atoms with E-state index < -0.39 is 21.5 Å². The lowest BCUT2D eigenvalue weighted by molar-refractivity contribution is -0.118. The van der Waals surface area contributed by atoms with Gasteiger partial charge in [-0.15, -0.1) is 0 Å². The molecule has 0 bridgehead atoms. The maximum absolute atomic E-state index is 12.0. The second kappa shape index (κ2) is 8.01. The van der Waals surface area contributed by atoms with Gasteiger partial charge < -0.3 is 10.4 Å². The highest BCUT2D eigenvalue weighted by Crippen LogP contribution is 2.11. The van der Waals surface area contributed by atoms with Crippen molar-refractivity contribution in [3.05, 3.63) is 29.8 Å². The van der Waals surface area contributed by atoms with Gasteiger partial charge in [-0.05, 0) is 38.3 Å². The summed E-state index contributed by atoms with van der Waals surface area (Å²) in [5.74, 6) is -1.02. The molecule has 0 saturated carbocycles. The number of aliphatic hydroxyl groups excluding tert-OH is 1. The van der Waals surface area contributed by atoms with E-state index in [-0.39, 0.29) is 11.5 Å². The molecule has 1 aromatic carbocycles. The second-order valence-electron chi connectivity index (χ2n) is 4.71. The minimum Gasteiger partial charge on any atom is -0.396 e. The monoisotopic (exact) mass is 299 g/mol. The number of hydrogen-bond donors (Lipinski definition) is 2. The van der Waals surface area contributed by atoms with Crippen molar-refractivity contribution in [2.75, 3.05) is 18.9 Å². The molecule has 6 heteroatoms. The van der Waals surface area contributed by atoms with Crippen LogP contribution in [0.25, 0.3) is 0 Å². The molecule has 112 valence electrons. The Bertz CT molecular complexity index is 523. The molecule has 0 saturated heterocycles. The first-order valence-electron chi connectivity index (χ1n) is 6.62. The Balaban J connectivity index is 2.46. The molecule has 0 atom stereocenters. The van der Waals surface area contributed by atoms with Gasteiger partial charge in [-0.2, -0.15) is 0 Å². The third-order valence-electron chi connectivity index (χ3n) is 2.86. The van der Waals surface area contributed by atoms with Gasteiger partial charge in [0, 0.05) is 13.2 Å². The number of nitrogens with one attached hydrogen (secondary N) is 1. The highest BCUT2D eigenvalue weighted by molar-refractivity contribution is 7.92. The highest BCUT2D eigenvalue weighted by atomic mass is 32.2. The zero-order valence-corrected chi connectivity index (χ0v) is 12.4. The Labute approximate surface area is 119 Å². The van der Waals surface area contributed by atoms with Crippen molar-refractivity contribution in [2.45, 2.75) is 31.1 Å². The predicted octanol–water partition coefficient (Wildman–Crippen LogP) is 1.05. The van der Waals surface area contributed by atoms with Gasteiger partial charge in [-0.3, -0.25) is 4.79 Å². The van der Waals surface area contributed by atoms with E-state index in [0.29, 0.717) is 13.0 Å². The number of hydrogen-bond acceptors (Lipinski definition) is 4. The average molecular weight is 299 g/mol. The van der Waals surface area contributed by atoms with Crippen molar-refractivity contribution in [2.24, 2.45) is 0 Å². The van der Waals surface area contributed by atoms with Crippen LogP contribution in [0.15, 0.2) is 29.2 Å². The fourth-order valence-electron chi connectivity index (χ4n) is 1.69. The molecule has 0 aliphatic rings. The van der Waals surface area contributed by atoms with E-state index in [9.17, 15) is 13.2 Å². The number of sulfone groups is 1. The number of rotatable bonds is 8. The third-order valence-corrected chi connectivity index (χ3v) is 4.49. The first-order chi connectivity index (χ1) is 9.45. The molecule has 5 nitrogen and oxygen atoms in total. The van der Waals surface area contributed by atoms with Crippen LogP contribution in [-0.2, 0) is 14.6 Å². The molecule has 0 aliphatic carbocycles. The molecule has 0 aromatic heterocycles. The second-order valence-corrected chi connectivity index (χ2v) is 6.70. The third kappa shape index (κ3) is 5.71. The summed E-state index contributed by atoms with van der Waals surface area (Å²) >= 11 is 0. The quantitative estimate of drug-likeness (QED) is 0.703.